The van der Waals surface area contributed by atoms with Crippen LogP contribution in [0.1, 0.15) is 30.9 Å². The molecule has 0 bridgehead atoms. The third-order valence-corrected chi connectivity index (χ3v) is 5.19. The number of rotatable bonds is 9. The van der Waals surface area contributed by atoms with Crippen LogP contribution in [0.25, 0.3) is 0 Å². The number of nitro benzene ring substituents is 1. The largest absolute Gasteiger partial charge is 0.497 e. The molecule has 1 aliphatic heterocycles. The molecule has 2 aromatic carbocycles. The first-order valence-electron chi connectivity index (χ1n) is 10.8. The molecular formula is C25H26N2O7. The van der Waals surface area contributed by atoms with Gasteiger partial charge in [0.1, 0.15) is 5.75 Å². The Bertz CT molecular complexity index is 1090. The van der Waals surface area contributed by atoms with Crippen LogP contribution in [0.4, 0.5) is 5.69 Å². The van der Waals surface area contributed by atoms with E-state index < -0.39 is 22.8 Å². The van der Waals surface area contributed by atoms with Crippen LogP contribution in [0.5, 0.6) is 5.75 Å². The van der Waals surface area contributed by atoms with Gasteiger partial charge >= 0.3 is 11.9 Å². The minimum Gasteiger partial charge on any atom is -0.497 e. The summed E-state index contributed by atoms with van der Waals surface area (Å²) in [6.45, 7) is 3.99. The van der Waals surface area contributed by atoms with Crippen LogP contribution >= 0.6 is 0 Å². The third-order valence-electron chi connectivity index (χ3n) is 5.19. The topological polar surface area (TPSA) is 108 Å². The molecule has 0 unspecified atom stereocenters. The lowest BCUT2D eigenvalue weighted by molar-refractivity contribution is -0.384. The molecule has 0 radical (unpaired) electrons. The van der Waals surface area contributed by atoms with E-state index in [0.717, 1.165) is 5.56 Å². The van der Waals surface area contributed by atoms with Gasteiger partial charge in [-0.05, 0) is 37.1 Å². The van der Waals surface area contributed by atoms with Gasteiger partial charge in [-0.1, -0.05) is 24.3 Å². The molecule has 0 atom stereocenters. The molecule has 34 heavy (non-hydrogen) atoms. The van der Waals surface area contributed by atoms with Gasteiger partial charge in [0, 0.05) is 31.1 Å². The van der Waals surface area contributed by atoms with E-state index in [1.807, 2.05) is 24.3 Å². The van der Waals surface area contributed by atoms with E-state index in [4.69, 9.17) is 14.2 Å². The second-order valence-corrected chi connectivity index (χ2v) is 7.42. The van der Waals surface area contributed by atoms with E-state index in [1.54, 1.807) is 44.3 Å². The Kier molecular flexibility index (Phi) is 8.02. The minimum absolute atomic E-state index is 0.134. The Hall–Kier alpha value is -4.14. The van der Waals surface area contributed by atoms with Crippen molar-refractivity contribution in [2.45, 2.75) is 26.3 Å². The molecule has 9 heteroatoms. The number of nitrogens with zero attached hydrogens (tertiary/aromatic N) is 2. The van der Waals surface area contributed by atoms with Crippen molar-refractivity contribution in [2.75, 3.05) is 20.3 Å². The molecule has 1 aliphatic rings. The highest BCUT2D eigenvalue weighted by Crippen LogP contribution is 2.38. The van der Waals surface area contributed by atoms with Gasteiger partial charge in [-0.3, -0.25) is 10.1 Å². The molecule has 2 aromatic rings. The van der Waals surface area contributed by atoms with Crippen LogP contribution < -0.4 is 4.74 Å². The van der Waals surface area contributed by atoms with E-state index >= 15 is 0 Å². The lowest BCUT2D eigenvalue weighted by Gasteiger charge is -2.30. The van der Waals surface area contributed by atoms with Crippen LogP contribution in [-0.4, -0.2) is 42.1 Å². The fourth-order valence-corrected chi connectivity index (χ4v) is 3.69. The van der Waals surface area contributed by atoms with Crippen molar-refractivity contribution in [2.24, 2.45) is 0 Å². The first kappa shape index (κ1) is 24.5. The summed E-state index contributed by atoms with van der Waals surface area (Å²) < 4.78 is 15.7. The average molecular weight is 466 g/mol. The quantitative estimate of drug-likeness (QED) is 0.309. The van der Waals surface area contributed by atoms with Gasteiger partial charge in [-0.15, -0.1) is 0 Å². The maximum Gasteiger partial charge on any atom is 0.336 e. The second-order valence-electron chi connectivity index (χ2n) is 7.42. The molecule has 0 aliphatic carbocycles. The first-order valence-corrected chi connectivity index (χ1v) is 10.8. The van der Waals surface area contributed by atoms with Gasteiger partial charge in [0.25, 0.3) is 5.69 Å². The number of hydrogen-bond donors (Lipinski definition) is 0. The van der Waals surface area contributed by atoms with Gasteiger partial charge in [0.2, 0.25) is 0 Å². The van der Waals surface area contributed by atoms with E-state index in [1.165, 1.54) is 18.2 Å². The van der Waals surface area contributed by atoms with Crippen molar-refractivity contribution in [1.29, 1.82) is 0 Å². The third kappa shape index (κ3) is 5.61. The van der Waals surface area contributed by atoms with E-state index in [2.05, 4.69) is 0 Å². The van der Waals surface area contributed by atoms with Crippen LogP contribution in [-0.2, 0) is 25.6 Å². The predicted molar refractivity (Wildman–Crippen MR) is 124 cm³/mol. The molecule has 0 N–H and O–H groups in total. The smallest absolute Gasteiger partial charge is 0.336 e. The monoisotopic (exact) mass is 466 g/mol. The highest BCUT2D eigenvalue weighted by atomic mass is 16.6. The number of ether oxygens (including phenoxy) is 3. The maximum absolute atomic E-state index is 13.0. The zero-order valence-corrected chi connectivity index (χ0v) is 19.2. The Morgan fingerprint density at radius 2 is 1.56 bits per heavy atom. The molecule has 1 heterocycles. The van der Waals surface area contributed by atoms with Gasteiger partial charge in [-0.25, -0.2) is 9.59 Å². The summed E-state index contributed by atoms with van der Waals surface area (Å²) in [6.07, 6.45) is 3.21. The normalized spacial score (nSPS) is 13.6. The molecule has 0 fully saturated rings. The van der Waals surface area contributed by atoms with Crippen molar-refractivity contribution in [3.8, 4) is 5.75 Å². The van der Waals surface area contributed by atoms with Crippen molar-refractivity contribution in [3.05, 3.63) is 93.3 Å². The predicted octanol–water partition coefficient (Wildman–Crippen LogP) is 4.10. The van der Waals surface area contributed by atoms with Crippen molar-refractivity contribution in [3.63, 3.8) is 0 Å². The number of nitro groups is 1. The van der Waals surface area contributed by atoms with Crippen LogP contribution in [0.3, 0.4) is 0 Å². The molecule has 0 saturated carbocycles. The fourth-order valence-electron chi connectivity index (χ4n) is 3.69. The molecule has 0 aromatic heterocycles. The number of non-ortho nitro benzene ring substituents is 1. The molecule has 0 amide bonds. The summed E-state index contributed by atoms with van der Waals surface area (Å²) in [5.74, 6) is -1.41. The molecule has 178 valence electrons. The lowest BCUT2D eigenvalue weighted by Crippen LogP contribution is -2.29. The van der Waals surface area contributed by atoms with E-state index in [0.29, 0.717) is 17.9 Å². The van der Waals surface area contributed by atoms with E-state index in [-0.39, 0.29) is 30.0 Å². The minimum atomic E-state index is -0.884. The van der Waals surface area contributed by atoms with Crippen LogP contribution in [0, 0.1) is 10.1 Å². The highest BCUT2D eigenvalue weighted by molar-refractivity contribution is 5.98. The number of methoxy groups -OCH3 is 1. The number of carbonyl (C=O) groups excluding carboxylic acids is 2. The summed E-state index contributed by atoms with van der Waals surface area (Å²) >= 11 is 0. The summed E-state index contributed by atoms with van der Waals surface area (Å²) in [4.78, 5) is 38.4. The van der Waals surface area contributed by atoms with Gasteiger partial charge in [0.05, 0.1) is 42.3 Å². The lowest BCUT2D eigenvalue weighted by atomic mass is 9.83. The molecule has 0 spiro atoms. The summed E-state index contributed by atoms with van der Waals surface area (Å²) in [6, 6.07) is 13.2. The van der Waals surface area contributed by atoms with Crippen molar-refractivity contribution < 1.29 is 28.7 Å². The van der Waals surface area contributed by atoms with Crippen LogP contribution in [0.2, 0.25) is 0 Å². The molecule has 3 rings (SSSR count). The SMILES string of the molecule is CCOC(=O)C1=CN(Cc2ccc(OC)cc2)C=C(C(=O)OCC)C1c1cccc([N+](=O)[O-])c1. The Labute approximate surface area is 197 Å². The van der Waals surface area contributed by atoms with Gasteiger partial charge < -0.3 is 19.1 Å². The van der Waals surface area contributed by atoms with Gasteiger partial charge in [0.15, 0.2) is 0 Å². The summed E-state index contributed by atoms with van der Waals surface area (Å²) in [5.41, 5.74) is 1.54. The fraction of sp³-hybridized carbons (Fsp3) is 0.280. The maximum atomic E-state index is 13.0. The average Bonchev–Trinajstić information content (AvgIpc) is 2.84. The molecule has 0 saturated heterocycles. The number of carbonyl (C=O) groups is 2. The van der Waals surface area contributed by atoms with E-state index in [9.17, 15) is 19.7 Å². The zero-order chi connectivity index (χ0) is 24.7. The molecular weight excluding hydrogens is 440 g/mol. The Morgan fingerprint density at radius 3 is 2.06 bits per heavy atom. The number of esters is 2. The molecule has 9 nitrogen and oxygen atoms in total. The first-order chi connectivity index (χ1) is 16.4. The Morgan fingerprint density at radius 1 is 0.971 bits per heavy atom. The highest BCUT2D eigenvalue weighted by Gasteiger charge is 2.36. The van der Waals surface area contributed by atoms with Crippen molar-refractivity contribution in [1.82, 2.24) is 4.90 Å². The number of benzene rings is 2. The zero-order valence-electron chi connectivity index (χ0n) is 19.2. The summed E-state index contributed by atoms with van der Waals surface area (Å²) in [7, 11) is 1.58. The second kappa shape index (κ2) is 11.1. The number of hydrogen-bond acceptors (Lipinski definition) is 8. The standard InChI is InChI=1S/C25H26N2O7/c1-4-33-24(28)21-15-26(14-17-9-11-20(32-3)12-10-17)16-22(25(29)34-5-2)23(21)18-7-6-8-19(13-18)27(30)31/h6-13,15-16,23H,4-5,14H2,1-3H3. The summed E-state index contributed by atoms with van der Waals surface area (Å²) in [5, 5.41) is 11.3. The van der Waals surface area contributed by atoms with Crippen LogP contribution in [0.15, 0.2) is 72.1 Å². The van der Waals surface area contributed by atoms with Gasteiger partial charge in [-0.2, -0.15) is 0 Å². The Balaban J connectivity index is 2.09. The van der Waals surface area contributed by atoms with Crippen molar-refractivity contribution >= 4 is 17.6 Å².